The monoisotopic (exact) mass is 265 g/mol. The Labute approximate surface area is 114 Å². The first-order chi connectivity index (χ1) is 9.06. The minimum absolute atomic E-state index is 0.115. The zero-order valence-electron chi connectivity index (χ0n) is 11.6. The fourth-order valence-corrected chi connectivity index (χ4v) is 2.77. The molecule has 4 nitrogen and oxygen atoms in total. The van der Waals surface area contributed by atoms with Gasteiger partial charge < -0.3 is 10.0 Å². The summed E-state index contributed by atoms with van der Waals surface area (Å²) in [5.41, 5.74) is 1.21. The van der Waals surface area contributed by atoms with Gasteiger partial charge in [-0.1, -0.05) is 5.57 Å². The van der Waals surface area contributed by atoms with Crippen molar-refractivity contribution >= 4 is 11.9 Å². The number of nitrogens with zero attached hydrogens (tertiary/aromatic N) is 1. The molecule has 1 amide bonds. The average Bonchev–Trinajstić information content (AvgIpc) is 3.21. The first-order valence-electron chi connectivity index (χ1n) is 7.25. The molecule has 1 aliphatic carbocycles. The number of carboxylic acids is 1. The molecule has 2 fully saturated rings. The van der Waals surface area contributed by atoms with Crippen molar-refractivity contribution in [3.8, 4) is 0 Å². The summed E-state index contributed by atoms with van der Waals surface area (Å²) >= 11 is 0. The molecule has 0 aromatic heterocycles. The molecule has 0 spiro atoms. The van der Waals surface area contributed by atoms with E-state index < -0.39 is 5.97 Å². The number of rotatable bonds is 5. The highest BCUT2D eigenvalue weighted by Gasteiger charge is 2.26. The lowest BCUT2D eigenvalue weighted by molar-refractivity contribution is -0.137. The Kier molecular flexibility index (Phi) is 4.61. The number of amides is 1. The van der Waals surface area contributed by atoms with Crippen LogP contribution in [0.4, 0.5) is 0 Å². The number of hydrogen-bond acceptors (Lipinski definition) is 2. The lowest BCUT2D eigenvalue weighted by Crippen LogP contribution is -2.39. The maximum atomic E-state index is 12.2. The van der Waals surface area contributed by atoms with Crippen LogP contribution in [-0.2, 0) is 9.59 Å². The van der Waals surface area contributed by atoms with E-state index in [1.54, 1.807) is 6.08 Å². The molecule has 0 unspecified atom stereocenters. The molecule has 4 heteroatoms. The third-order valence-electron chi connectivity index (χ3n) is 4.17. The number of allylic oxidation sites excluding steroid dienone is 1. The van der Waals surface area contributed by atoms with Crippen molar-refractivity contribution in [3.63, 3.8) is 0 Å². The van der Waals surface area contributed by atoms with Crippen molar-refractivity contribution in [2.24, 2.45) is 11.8 Å². The van der Waals surface area contributed by atoms with Crippen LogP contribution in [-0.4, -0.2) is 35.0 Å². The number of carboxylic acid groups (broad SMARTS) is 1. The van der Waals surface area contributed by atoms with E-state index in [-0.39, 0.29) is 12.3 Å². The Balaban J connectivity index is 1.84. The van der Waals surface area contributed by atoms with Crippen LogP contribution in [0.5, 0.6) is 0 Å². The number of carbonyl (C=O) groups is 2. The average molecular weight is 265 g/mol. The maximum Gasteiger partial charge on any atom is 0.303 e. The van der Waals surface area contributed by atoms with Crippen molar-refractivity contribution in [3.05, 3.63) is 11.6 Å². The van der Waals surface area contributed by atoms with Crippen LogP contribution in [0.1, 0.15) is 45.4 Å². The standard InChI is InChI=1S/C15H23NO3/c1-11(13-5-6-13)9-14(17)16-8-2-3-12(10-16)4-7-15(18)19/h9,12-13H,2-8,10H2,1H3,(H,18,19)/b11-9+/t12-/m0/s1. The highest BCUT2D eigenvalue weighted by molar-refractivity contribution is 5.88. The smallest absolute Gasteiger partial charge is 0.303 e. The van der Waals surface area contributed by atoms with Crippen molar-refractivity contribution in [2.75, 3.05) is 13.1 Å². The first kappa shape index (κ1) is 14.1. The molecule has 1 saturated carbocycles. The topological polar surface area (TPSA) is 57.6 Å². The van der Waals surface area contributed by atoms with Crippen molar-refractivity contribution < 1.29 is 14.7 Å². The molecular weight excluding hydrogens is 242 g/mol. The quantitative estimate of drug-likeness (QED) is 0.777. The molecular formula is C15H23NO3. The Morgan fingerprint density at radius 3 is 2.68 bits per heavy atom. The lowest BCUT2D eigenvalue weighted by atomic mass is 9.93. The van der Waals surface area contributed by atoms with Gasteiger partial charge in [0, 0.05) is 25.6 Å². The summed E-state index contributed by atoms with van der Waals surface area (Å²) in [4.78, 5) is 24.6. The number of piperidine rings is 1. The summed E-state index contributed by atoms with van der Waals surface area (Å²) in [6, 6.07) is 0. The Hall–Kier alpha value is -1.32. The molecule has 0 radical (unpaired) electrons. The molecule has 1 heterocycles. The molecule has 2 rings (SSSR count). The van der Waals surface area contributed by atoms with Gasteiger partial charge in [-0.3, -0.25) is 9.59 Å². The summed E-state index contributed by atoms with van der Waals surface area (Å²) < 4.78 is 0. The number of carbonyl (C=O) groups excluding carboxylic acids is 1. The van der Waals surface area contributed by atoms with E-state index in [1.165, 1.54) is 18.4 Å². The van der Waals surface area contributed by atoms with Crippen LogP contribution in [0.3, 0.4) is 0 Å². The van der Waals surface area contributed by atoms with Crippen LogP contribution in [0.2, 0.25) is 0 Å². The minimum Gasteiger partial charge on any atom is -0.481 e. The number of likely N-dealkylation sites (tertiary alicyclic amines) is 1. The second-order valence-electron chi connectivity index (χ2n) is 5.89. The van der Waals surface area contributed by atoms with Crippen molar-refractivity contribution in [1.82, 2.24) is 4.90 Å². The Bertz CT molecular complexity index is 385. The molecule has 1 N–H and O–H groups in total. The fraction of sp³-hybridized carbons (Fsp3) is 0.733. The van der Waals surface area contributed by atoms with Gasteiger partial charge >= 0.3 is 5.97 Å². The third kappa shape index (κ3) is 4.37. The molecule has 1 atom stereocenters. The number of aliphatic carboxylic acids is 1. The molecule has 1 aliphatic heterocycles. The van der Waals surface area contributed by atoms with Crippen molar-refractivity contribution in [1.29, 1.82) is 0 Å². The zero-order valence-corrected chi connectivity index (χ0v) is 11.6. The van der Waals surface area contributed by atoms with E-state index in [0.29, 0.717) is 18.3 Å². The molecule has 19 heavy (non-hydrogen) atoms. The molecule has 1 saturated heterocycles. The fourth-order valence-electron chi connectivity index (χ4n) is 2.77. The van der Waals surface area contributed by atoms with E-state index in [4.69, 9.17) is 5.11 Å². The van der Waals surface area contributed by atoms with Gasteiger partial charge in [0.05, 0.1) is 0 Å². The van der Waals surface area contributed by atoms with Crippen LogP contribution in [0.15, 0.2) is 11.6 Å². The van der Waals surface area contributed by atoms with E-state index in [2.05, 4.69) is 0 Å². The van der Waals surface area contributed by atoms with Crippen LogP contribution >= 0.6 is 0 Å². The Morgan fingerprint density at radius 2 is 2.05 bits per heavy atom. The molecule has 106 valence electrons. The normalized spacial score (nSPS) is 24.4. The van der Waals surface area contributed by atoms with Gasteiger partial charge in [-0.25, -0.2) is 0 Å². The zero-order chi connectivity index (χ0) is 13.8. The molecule has 0 aromatic carbocycles. The van der Waals surface area contributed by atoms with E-state index in [1.807, 2.05) is 11.8 Å². The second kappa shape index (κ2) is 6.22. The predicted octanol–water partition coefficient (Wildman–Crippen LogP) is 2.45. The first-order valence-corrected chi connectivity index (χ1v) is 7.25. The van der Waals surface area contributed by atoms with Crippen molar-refractivity contribution in [2.45, 2.75) is 45.4 Å². The van der Waals surface area contributed by atoms with Crippen LogP contribution in [0, 0.1) is 11.8 Å². The summed E-state index contributed by atoms with van der Waals surface area (Å²) in [6.45, 7) is 3.58. The van der Waals surface area contributed by atoms with Gasteiger partial charge in [-0.05, 0) is 50.9 Å². The van der Waals surface area contributed by atoms with E-state index >= 15 is 0 Å². The van der Waals surface area contributed by atoms with Gasteiger partial charge in [0.15, 0.2) is 0 Å². The van der Waals surface area contributed by atoms with E-state index in [9.17, 15) is 9.59 Å². The second-order valence-corrected chi connectivity index (χ2v) is 5.89. The highest BCUT2D eigenvalue weighted by Crippen LogP contribution is 2.36. The van der Waals surface area contributed by atoms with Gasteiger partial charge in [0.1, 0.15) is 0 Å². The SMILES string of the molecule is C/C(=C\C(=O)N1CCC[C@@H](CCC(=O)O)C1)C1CC1. The minimum atomic E-state index is -0.743. The van der Waals surface area contributed by atoms with Crippen LogP contribution < -0.4 is 0 Å². The number of hydrogen-bond donors (Lipinski definition) is 1. The summed E-state index contributed by atoms with van der Waals surface area (Å²) in [5, 5.41) is 8.72. The predicted molar refractivity (Wildman–Crippen MR) is 72.7 cm³/mol. The largest absolute Gasteiger partial charge is 0.481 e. The molecule has 0 aromatic rings. The molecule has 0 bridgehead atoms. The van der Waals surface area contributed by atoms with Gasteiger partial charge in [0.2, 0.25) is 5.91 Å². The van der Waals surface area contributed by atoms with Gasteiger partial charge in [-0.2, -0.15) is 0 Å². The summed E-state index contributed by atoms with van der Waals surface area (Å²) in [5.74, 6) is 0.359. The van der Waals surface area contributed by atoms with Gasteiger partial charge in [-0.15, -0.1) is 0 Å². The molecule has 2 aliphatic rings. The lowest BCUT2D eigenvalue weighted by Gasteiger charge is -2.32. The van der Waals surface area contributed by atoms with Gasteiger partial charge in [0.25, 0.3) is 0 Å². The summed E-state index contributed by atoms with van der Waals surface area (Å²) in [6.07, 6.45) is 7.16. The van der Waals surface area contributed by atoms with E-state index in [0.717, 1.165) is 25.9 Å². The maximum absolute atomic E-state index is 12.2. The highest BCUT2D eigenvalue weighted by atomic mass is 16.4. The summed E-state index contributed by atoms with van der Waals surface area (Å²) in [7, 11) is 0. The Morgan fingerprint density at radius 1 is 1.32 bits per heavy atom. The third-order valence-corrected chi connectivity index (χ3v) is 4.17. The van der Waals surface area contributed by atoms with Crippen LogP contribution in [0.25, 0.3) is 0 Å².